The van der Waals surface area contributed by atoms with Gasteiger partial charge in [-0.25, -0.2) is 5.01 Å². The minimum absolute atomic E-state index is 0.0374. The van der Waals surface area contributed by atoms with Gasteiger partial charge in [-0.2, -0.15) is 0 Å². The molecule has 0 atom stereocenters. The number of morpholine rings is 1. The van der Waals surface area contributed by atoms with Gasteiger partial charge >= 0.3 is 0 Å². The summed E-state index contributed by atoms with van der Waals surface area (Å²) in [4.78, 5) is 12.0. The second-order valence-corrected chi connectivity index (χ2v) is 4.13. The molecule has 1 saturated heterocycles. The van der Waals surface area contributed by atoms with Gasteiger partial charge in [-0.1, -0.05) is 19.9 Å². The summed E-state index contributed by atoms with van der Waals surface area (Å²) in [5, 5.41) is 3.91. The van der Waals surface area contributed by atoms with E-state index in [1.54, 1.807) is 6.92 Å². The second-order valence-electron chi connectivity index (χ2n) is 4.13. The van der Waals surface area contributed by atoms with Gasteiger partial charge in [0.15, 0.2) is 0 Å². The second kappa shape index (κ2) is 6.66. The van der Waals surface area contributed by atoms with Gasteiger partial charge in [-0.05, 0) is 13.3 Å². The molecule has 16 heavy (non-hydrogen) atoms. The van der Waals surface area contributed by atoms with Crippen LogP contribution in [0.5, 0.6) is 0 Å². The summed E-state index contributed by atoms with van der Waals surface area (Å²) in [5.74, 6) is 0.0374. The largest absolute Gasteiger partial charge is 0.379 e. The van der Waals surface area contributed by atoms with Gasteiger partial charge in [-0.15, -0.1) is 0 Å². The molecule has 1 heterocycles. The molecule has 0 bridgehead atoms. The van der Waals surface area contributed by atoms with Crippen LogP contribution in [0.4, 0.5) is 0 Å². The predicted molar refractivity (Wildman–Crippen MR) is 63.8 cm³/mol. The van der Waals surface area contributed by atoms with Gasteiger partial charge in [0.25, 0.3) is 5.91 Å². The van der Waals surface area contributed by atoms with Crippen LogP contribution in [0.2, 0.25) is 0 Å². The van der Waals surface area contributed by atoms with Crippen LogP contribution < -0.4 is 0 Å². The van der Waals surface area contributed by atoms with E-state index in [1.165, 1.54) is 0 Å². The van der Waals surface area contributed by atoms with Crippen molar-refractivity contribution in [2.45, 2.75) is 26.7 Å². The van der Waals surface area contributed by atoms with Gasteiger partial charge in [0, 0.05) is 25.2 Å². The quantitative estimate of drug-likeness (QED) is 0.665. The molecule has 1 amide bonds. The number of nitrogens with zero attached hydrogens (tertiary/aromatic N) is 2. The lowest BCUT2D eigenvalue weighted by Gasteiger charge is -2.37. The molecule has 0 aromatic carbocycles. The minimum atomic E-state index is 0.0374. The first-order valence-corrected chi connectivity index (χ1v) is 5.96. The zero-order valence-corrected chi connectivity index (χ0v) is 10.4. The Balaban J connectivity index is 2.61. The maximum Gasteiger partial charge on any atom is 0.263 e. The first-order chi connectivity index (χ1) is 7.66. The molecule has 1 aliphatic heterocycles. The molecule has 0 aromatic heterocycles. The lowest BCUT2D eigenvalue weighted by molar-refractivity contribution is -0.152. The van der Waals surface area contributed by atoms with Crippen molar-refractivity contribution >= 4 is 5.91 Å². The van der Waals surface area contributed by atoms with Crippen molar-refractivity contribution in [3.05, 3.63) is 12.2 Å². The Kier molecular flexibility index (Phi) is 5.49. The Bertz CT molecular complexity index is 247. The fourth-order valence-electron chi connectivity index (χ4n) is 1.69. The summed E-state index contributed by atoms with van der Waals surface area (Å²) in [6.45, 7) is 11.4. The first kappa shape index (κ1) is 13.2. The van der Waals surface area contributed by atoms with E-state index in [9.17, 15) is 4.79 Å². The SMILES string of the molecule is C=C(C)C(=O)N(CCCC)N1CCOCC1. The van der Waals surface area contributed by atoms with Crippen LogP contribution in [-0.2, 0) is 9.53 Å². The Morgan fingerprint density at radius 2 is 2.06 bits per heavy atom. The third-order valence-electron chi connectivity index (χ3n) is 2.65. The van der Waals surface area contributed by atoms with Crippen LogP contribution in [-0.4, -0.2) is 48.8 Å². The number of carbonyl (C=O) groups is 1. The molecule has 4 heteroatoms. The molecule has 1 rings (SSSR count). The summed E-state index contributed by atoms with van der Waals surface area (Å²) in [7, 11) is 0. The molecule has 0 spiro atoms. The van der Waals surface area contributed by atoms with Crippen LogP contribution >= 0.6 is 0 Å². The lowest BCUT2D eigenvalue weighted by atomic mass is 10.3. The highest BCUT2D eigenvalue weighted by Gasteiger charge is 2.22. The lowest BCUT2D eigenvalue weighted by Crippen LogP contribution is -2.52. The molecule has 1 fully saturated rings. The van der Waals surface area contributed by atoms with Gasteiger partial charge in [0.2, 0.25) is 0 Å². The molecule has 0 saturated carbocycles. The highest BCUT2D eigenvalue weighted by molar-refractivity contribution is 5.91. The zero-order chi connectivity index (χ0) is 12.0. The first-order valence-electron chi connectivity index (χ1n) is 5.96. The number of amides is 1. The normalized spacial score (nSPS) is 17.1. The van der Waals surface area contributed by atoms with E-state index in [4.69, 9.17) is 4.74 Å². The Labute approximate surface area is 97.8 Å². The highest BCUT2D eigenvalue weighted by atomic mass is 16.5. The fraction of sp³-hybridized carbons (Fsp3) is 0.750. The molecule has 0 aromatic rings. The van der Waals surface area contributed by atoms with Gasteiger partial charge in [-0.3, -0.25) is 9.80 Å². The highest BCUT2D eigenvalue weighted by Crippen LogP contribution is 2.09. The third kappa shape index (κ3) is 3.61. The van der Waals surface area contributed by atoms with Gasteiger partial charge in [0.05, 0.1) is 13.2 Å². The van der Waals surface area contributed by atoms with Gasteiger partial charge < -0.3 is 4.74 Å². The van der Waals surface area contributed by atoms with Crippen LogP contribution in [0, 0.1) is 0 Å². The van der Waals surface area contributed by atoms with Crippen molar-refractivity contribution < 1.29 is 9.53 Å². The number of rotatable bonds is 5. The number of hydrogen-bond acceptors (Lipinski definition) is 3. The summed E-state index contributed by atoms with van der Waals surface area (Å²) in [6, 6.07) is 0. The topological polar surface area (TPSA) is 32.8 Å². The maximum atomic E-state index is 12.0. The van der Waals surface area contributed by atoms with Gasteiger partial charge in [0.1, 0.15) is 0 Å². The van der Waals surface area contributed by atoms with Crippen molar-refractivity contribution in [3.8, 4) is 0 Å². The molecule has 0 N–H and O–H groups in total. The van der Waals surface area contributed by atoms with E-state index < -0.39 is 0 Å². The molecular formula is C12H22N2O2. The zero-order valence-electron chi connectivity index (χ0n) is 10.4. The van der Waals surface area contributed by atoms with Crippen LogP contribution in [0.3, 0.4) is 0 Å². The summed E-state index contributed by atoms with van der Waals surface area (Å²) >= 11 is 0. The number of ether oxygens (including phenoxy) is 1. The number of hydrazine groups is 1. The van der Waals surface area contributed by atoms with Crippen molar-refractivity contribution in [1.82, 2.24) is 10.0 Å². The number of unbranched alkanes of at least 4 members (excludes halogenated alkanes) is 1. The van der Waals surface area contributed by atoms with E-state index in [-0.39, 0.29) is 5.91 Å². The standard InChI is InChI=1S/C12H22N2O2/c1-4-5-6-14(12(15)11(2)3)13-7-9-16-10-8-13/h2,4-10H2,1,3H3. The fourth-order valence-corrected chi connectivity index (χ4v) is 1.69. The third-order valence-corrected chi connectivity index (χ3v) is 2.65. The molecule has 0 aliphatic carbocycles. The maximum absolute atomic E-state index is 12.0. The van der Waals surface area contributed by atoms with E-state index >= 15 is 0 Å². The average Bonchev–Trinajstić information content (AvgIpc) is 2.30. The Morgan fingerprint density at radius 3 is 2.56 bits per heavy atom. The number of carbonyl (C=O) groups excluding carboxylic acids is 1. The van der Waals surface area contributed by atoms with E-state index in [1.807, 2.05) is 5.01 Å². The summed E-state index contributed by atoms with van der Waals surface area (Å²) < 4.78 is 5.29. The van der Waals surface area contributed by atoms with E-state index in [0.717, 1.165) is 32.5 Å². The van der Waals surface area contributed by atoms with E-state index in [2.05, 4.69) is 18.5 Å². The predicted octanol–water partition coefficient (Wildman–Crippen LogP) is 1.44. The molecule has 1 aliphatic rings. The van der Waals surface area contributed by atoms with Crippen molar-refractivity contribution in [1.29, 1.82) is 0 Å². The summed E-state index contributed by atoms with van der Waals surface area (Å²) in [5.41, 5.74) is 0.600. The summed E-state index contributed by atoms with van der Waals surface area (Å²) in [6.07, 6.45) is 2.11. The van der Waals surface area contributed by atoms with E-state index in [0.29, 0.717) is 18.8 Å². The van der Waals surface area contributed by atoms with Crippen LogP contribution in [0.15, 0.2) is 12.2 Å². The average molecular weight is 226 g/mol. The van der Waals surface area contributed by atoms with Crippen molar-refractivity contribution in [3.63, 3.8) is 0 Å². The Morgan fingerprint density at radius 1 is 1.44 bits per heavy atom. The molecule has 0 radical (unpaired) electrons. The molecular weight excluding hydrogens is 204 g/mol. The smallest absolute Gasteiger partial charge is 0.263 e. The van der Waals surface area contributed by atoms with Crippen LogP contribution in [0.25, 0.3) is 0 Å². The minimum Gasteiger partial charge on any atom is -0.379 e. The molecule has 0 unspecified atom stereocenters. The monoisotopic (exact) mass is 226 g/mol. The number of hydrogen-bond donors (Lipinski definition) is 0. The van der Waals surface area contributed by atoms with Crippen molar-refractivity contribution in [2.24, 2.45) is 0 Å². The molecule has 92 valence electrons. The van der Waals surface area contributed by atoms with Crippen molar-refractivity contribution in [2.75, 3.05) is 32.8 Å². The van der Waals surface area contributed by atoms with Crippen LogP contribution in [0.1, 0.15) is 26.7 Å². The molecule has 4 nitrogen and oxygen atoms in total. The Hall–Kier alpha value is -0.870.